The lowest BCUT2D eigenvalue weighted by Gasteiger charge is -2.22. The maximum atomic E-state index is 12.7. The number of imidazole rings is 1. The summed E-state index contributed by atoms with van der Waals surface area (Å²) in [5.41, 5.74) is 2.12. The molecular formula is C19H25N5O3. The highest BCUT2D eigenvalue weighted by atomic mass is 16.6. The van der Waals surface area contributed by atoms with Crippen molar-refractivity contribution < 1.29 is 14.3 Å². The van der Waals surface area contributed by atoms with Gasteiger partial charge in [0.05, 0.1) is 24.1 Å². The van der Waals surface area contributed by atoms with Crippen LogP contribution in [0.3, 0.4) is 0 Å². The fourth-order valence-corrected chi connectivity index (χ4v) is 4.11. The van der Waals surface area contributed by atoms with E-state index in [1.54, 1.807) is 16.8 Å². The number of benzene rings is 1. The smallest absolute Gasteiger partial charge is 0.410 e. The molecule has 0 saturated carbocycles. The van der Waals surface area contributed by atoms with Gasteiger partial charge >= 0.3 is 12.1 Å². The average molecular weight is 371 g/mol. The molecule has 1 aromatic heterocycles. The molecule has 3 heterocycles. The minimum Gasteiger partial charge on any atom is -0.439 e. The molecule has 0 aliphatic carbocycles. The minimum absolute atomic E-state index is 0.178. The summed E-state index contributed by atoms with van der Waals surface area (Å²) in [6.07, 6.45) is 1.21. The van der Waals surface area contributed by atoms with Gasteiger partial charge in [0.1, 0.15) is 5.82 Å². The monoisotopic (exact) mass is 371 g/mol. The Morgan fingerprint density at radius 3 is 2.81 bits per heavy atom. The zero-order valence-electron chi connectivity index (χ0n) is 16.0. The number of likely N-dealkylation sites (N-methyl/N-ethyl adjacent to an activating group) is 1. The summed E-state index contributed by atoms with van der Waals surface area (Å²) < 4.78 is 7.69. The molecule has 2 aromatic rings. The molecule has 8 heteroatoms. The molecule has 2 aliphatic rings. The number of amides is 3. The number of urea groups is 1. The second-order valence-electron chi connectivity index (χ2n) is 7.34. The number of carbonyl (C=O) groups is 2. The molecule has 0 bridgehead atoms. The lowest BCUT2D eigenvalue weighted by molar-refractivity contribution is 0.0663. The first-order valence-electron chi connectivity index (χ1n) is 9.44. The molecule has 3 amide bonds. The van der Waals surface area contributed by atoms with Gasteiger partial charge in [-0.2, -0.15) is 0 Å². The summed E-state index contributed by atoms with van der Waals surface area (Å²) >= 11 is 0. The third-order valence-corrected chi connectivity index (χ3v) is 5.46. The summed E-state index contributed by atoms with van der Waals surface area (Å²) in [7, 11) is 1.72. The molecular weight excluding hydrogens is 346 g/mol. The van der Waals surface area contributed by atoms with Crippen LogP contribution in [-0.4, -0.2) is 63.8 Å². The number of aryl methyl sites for hydroxylation is 2. The molecule has 1 N–H and O–H groups in total. The second kappa shape index (κ2) is 6.44. The van der Waals surface area contributed by atoms with E-state index in [1.165, 1.54) is 0 Å². The number of fused-ring (bicyclic) bond motifs is 1. The number of ether oxygens (including phenoxy) is 1. The van der Waals surface area contributed by atoms with Crippen LogP contribution in [0.25, 0.3) is 11.0 Å². The highest BCUT2D eigenvalue weighted by Gasteiger charge is 2.49. The van der Waals surface area contributed by atoms with Gasteiger partial charge in [-0.05, 0) is 25.1 Å². The van der Waals surface area contributed by atoms with E-state index >= 15 is 0 Å². The van der Waals surface area contributed by atoms with Gasteiger partial charge in [-0.1, -0.05) is 6.92 Å². The van der Waals surface area contributed by atoms with Gasteiger partial charge in [0, 0.05) is 38.7 Å². The normalized spacial score (nSPS) is 22.1. The van der Waals surface area contributed by atoms with Crippen molar-refractivity contribution in [3.05, 3.63) is 24.0 Å². The summed E-state index contributed by atoms with van der Waals surface area (Å²) in [4.78, 5) is 32.3. The number of anilines is 1. The molecule has 0 radical (unpaired) electrons. The van der Waals surface area contributed by atoms with Gasteiger partial charge in [0.25, 0.3) is 0 Å². The van der Waals surface area contributed by atoms with Crippen molar-refractivity contribution in [3.8, 4) is 0 Å². The summed E-state index contributed by atoms with van der Waals surface area (Å²) in [5, 5.41) is 2.95. The van der Waals surface area contributed by atoms with Gasteiger partial charge in [-0.25, -0.2) is 14.6 Å². The van der Waals surface area contributed by atoms with E-state index in [4.69, 9.17) is 4.74 Å². The maximum absolute atomic E-state index is 12.7. The van der Waals surface area contributed by atoms with E-state index < -0.39 is 5.60 Å². The van der Waals surface area contributed by atoms with Gasteiger partial charge in [-0.3, -0.25) is 0 Å². The Kier molecular flexibility index (Phi) is 4.20. The fourth-order valence-electron chi connectivity index (χ4n) is 4.11. The standard InChI is InChI=1S/C19H25N5O3/c1-4-16-21-14-10-13(6-7-15(14)24(16)5-2)20-17(25)23-9-8-19(12-23)11-22(3)18(26)27-19/h6-7,10H,4-5,8-9,11-12H2,1-3H3,(H,20,25)/t19-/m0/s1. The van der Waals surface area contributed by atoms with Crippen LogP contribution in [0.4, 0.5) is 15.3 Å². The zero-order chi connectivity index (χ0) is 19.2. The molecule has 2 aliphatic heterocycles. The first-order valence-corrected chi connectivity index (χ1v) is 9.44. The topological polar surface area (TPSA) is 79.7 Å². The minimum atomic E-state index is -0.566. The number of rotatable bonds is 3. The van der Waals surface area contributed by atoms with Gasteiger partial charge < -0.3 is 24.4 Å². The quantitative estimate of drug-likeness (QED) is 0.900. The van der Waals surface area contributed by atoms with Crippen LogP contribution in [0.15, 0.2) is 18.2 Å². The van der Waals surface area contributed by atoms with E-state index in [0.29, 0.717) is 26.1 Å². The Bertz CT molecular complexity index is 908. The molecule has 8 nitrogen and oxygen atoms in total. The number of carbonyl (C=O) groups excluding carboxylic acids is 2. The van der Waals surface area contributed by atoms with Crippen LogP contribution < -0.4 is 5.32 Å². The Labute approximate surface area is 158 Å². The first kappa shape index (κ1) is 17.6. The number of nitrogens with one attached hydrogen (secondary N) is 1. The first-order chi connectivity index (χ1) is 12.9. The third-order valence-electron chi connectivity index (χ3n) is 5.46. The average Bonchev–Trinajstić information content (AvgIpc) is 3.29. The van der Waals surface area contributed by atoms with Crippen LogP contribution in [-0.2, 0) is 17.7 Å². The lowest BCUT2D eigenvalue weighted by atomic mass is 10.0. The molecule has 0 unspecified atom stereocenters. The van der Waals surface area contributed by atoms with Crippen LogP contribution in [0.2, 0.25) is 0 Å². The van der Waals surface area contributed by atoms with Crippen LogP contribution >= 0.6 is 0 Å². The van der Waals surface area contributed by atoms with Crippen LogP contribution in [0.5, 0.6) is 0 Å². The summed E-state index contributed by atoms with van der Waals surface area (Å²) in [6.45, 7) is 6.57. The molecule has 2 saturated heterocycles. The van der Waals surface area contributed by atoms with Crippen molar-refractivity contribution in [1.82, 2.24) is 19.4 Å². The number of aromatic nitrogens is 2. The van der Waals surface area contributed by atoms with E-state index in [0.717, 1.165) is 35.5 Å². The number of likely N-dealkylation sites (tertiary alicyclic amines) is 1. The molecule has 1 spiro atoms. The van der Waals surface area contributed by atoms with Gasteiger partial charge in [-0.15, -0.1) is 0 Å². The largest absolute Gasteiger partial charge is 0.439 e. The Morgan fingerprint density at radius 2 is 2.15 bits per heavy atom. The molecule has 4 rings (SSSR count). The van der Waals surface area contributed by atoms with Crippen LogP contribution in [0.1, 0.15) is 26.1 Å². The van der Waals surface area contributed by atoms with E-state index in [2.05, 4.69) is 28.7 Å². The van der Waals surface area contributed by atoms with Crippen molar-refractivity contribution in [2.45, 2.75) is 38.8 Å². The van der Waals surface area contributed by atoms with Crippen molar-refractivity contribution in [2.75, 3.05) is 32.0 Å². The highest BCUT2D eigenvalue weighted by Crippen LogP contribution is 2.32. The zero-order valence-corrected chi connectivity index (χ0v) is 16.0. The van der Waals surface area contributed by atoms with Crippen molar-refractivity contribution >= 4 is 28.8 Å². The molecule has 1 aromatic carbocycles. The molecule has 2 fully saturated rings. The van der Waals surface area contributed by atoms with Crippen molar-refractivity contribution in [1.29, 1.82) is 0 Å². The second-order valence-corrected chi connectivity index (χ2v) is 7.34. The number of hydrogen-bond acceptors (Lipinski definition) is 4. The SMILES string of the molecule is CCc1nc2cc(NC(=O)N3CC[C@]4(CN(C)C(=O)O4)C3)ccc2n1CC. The molecule has 144 valence electrons. The third kappa shape index (κ3) is 2.98. The summed E-state index contributed by atoms with van der Waals surface area (Å²) in [5.74, 6) is 1.05. The number of nitrogens with zero attached hydrogens (tertiary/aromatic N) is 4. The Balaban J connectivity index is 1.48. The molecule has 27 heavy (non-hydrogen) atoms. The number of hydrogen-bond donors (Lipinski definition) is 1. The maximum Gasteiger partial charge on any atom is 0.410 e. The van der Waals surface area contributed by atoms with Crippen molar-refractivity contribution in [2.24, 2.45) is 0 Å². The summed E-state index contributed by atoms with van der Waals surface area (Å²) in [6, 6.07) is 5.64. The predicted molar refractivity (Wildman–Crippen MR) is 102 cm³/mol. The van der Waals surface area contributed by atoms with Gasteiger partial charge in [0.2, 0.25) is 0 Å². The Hall–Kier alpha value is -2.77. The van der Waals surface area contributed by atoms with E-state index in [-0.39, 0.29) is 12.1 Å². The predicted octanol–water partition coefficient (Wildman–Crippen LogP) is 2.68. The Morgan fingerprint density at radius 1 is 1.33 bits per heavy atom. The van der Waals surface area contributed by atoms with E-state index in [1.807, 2.05) is 18.2 Å². The molecule has 1 atom stereocenters. The highest BCUT2D eigenvalue weighted by molar-refractivity contribution is 5.92. The van der Waals surface area contributed by atoms with Gasteiger partial charge in [0.15, 0.2) is 5.60 Å². The van der Waals surface area contributed by atoms with E-state index in [9.17, 15) is 9.59 Å². The lowest BCUT2D eigenvalue weighted by Crippen LogP contribution is -2.40. The van der Waals surface area contributed by atoms with Crippen molar-refractivity contribution in [3.63, 3.8) is 0 Å². The van der Waals surface area contributed by atoms with Crippen LogP contribution in [0, 0.1) is 0 Å². The fraction of sp³-hybridized carbons (Fsp3) is 0.526.